The molecule has 0 saturated carbocycles. The number of nitrogens with zero attached hydrogens (tertiary/aromatic N) is 1. The number of nitrogens with one attached hydrogen (secondary N) is 2. The molecular weight excluding hydrogens is 382 g/mol. The molecule has 162 valence electrons. The summed E-state index contributed by atoms with van der Waals surface area (Å²) in [4.78, 5) is 4.70. The minimum absolute atomic E-state index is 0.299. The van der Waals surface area contributed by atoms with E-state index in [0.29, 0.717) is 26.6 Å². The maximum Gasteiger partial charge on any atom is 0.231 e. The van der Waals surface area contributed by atoms with Gasteiger partial charge in [0, 0.05) is 33.2 Å². The SMILES string of the molecule is CCNC(=NCc1cccc(OCCCOC)c1)NCCc1ccc2c(c1)OCO2. The molecule has 1 aliphatic rings. The predicted molar refractivity (Wildman–Crippen MR) is 118 cm³/mol. The summed E-state index contributed by atoms with van der Waals surface area (Å²) in [5.74, 6) is 3.29. The van der Waals surface area contributed by atoms with Crippen molar-refractivity contribution in [1.82, 2.24) is 10.6 Å². The maximum atomic E-state index is 5.77. The highest BCUT2D eigenvalue weighted by molar-refractivity contribution is 5.79. The molecule has 1 aliphatic heterocycles. The van der Waals surface area contributed by atoms with E-state index in [-0.39, 0.29) is 0 Å². The van der Waals surface area contributed by atoms with E-state index in [1.165, 1.54) is 5.56 Å². The van der Waals surface area contributed by atoms with Crippen LogP contribution in [0.5, 0.6) is 17.2 Å². The zero-order chi connectivity index (χ0) is 21.0. The van der Waals surface area contributed by atoms with Gasteiger partial charge in [0.25, 0.3) is 0 Å². The van der Waals surface area contributed by atoms with E-state index < -0.39 is 0 Å². The number of fused-ring (bicyclic) bond motifs is 1. The molecule has 2 N–H and O–H groups in total. The molecule has 2 aromatic carbocycles. The lowest BCUT2D eigenvalue weighted by Crippen LogP contribution is -2.38. The van der Waals surface area contributed by atoms with Crippen molar-refractivity contribution in [3.8, 4) is 17.2 Å². The number of methoxy groups -OCH3 is 1. The van der Waals surface area contributed by atoms with Crippen LogP contribution in [0.2, 0.25) is 0 Å². The monoisotopic (exact) mass is 413 g/mol. The van der Waals surface area contributed by atoms with E-state index in [4.69, 9.17) is 23.9 Å². The minimum Gasteiger partial charge on any atom is -0.493 e. The van der Waals surface area contributed by atoms with Crippen LogP contribution in [0, 0.1) is 0 Å². The molecule has 0 fully saturated rings. The van der Waals surface area contributed by atoms with Crippen LogP contribution < -0.4 is 24.8 Å². The zero-order valence-corrected chi connectivity index (χ0v) is 17.8. The van der Waals surface area contributed by atoms with Gasteiger partial charge in [0.2, 0.25) is 6.79 Å². The quantitative estimate of drug-likeness (QED) is 0.335. The van der Waals surface area contributed by atoms with Crippen LogP contribution in [-0.2, 0) is 17.7 Å². The fourth-order valence-corrected chi connectivity index (χ4v) is 3.06. The largest absolute Gasteiger partial charge is 0.493 e. The third-order valence-corrected chi connectivity index (χ3v) is 4.57. The van der Waals surface area contributed by atoms with Crippen molar-refractivity contribution in [2.45, 2.75) is 26.3 Å². The summed E-state index contributed by atoms with van der Waals surface area (Å²) >= 11 is 0. The summed E-state index contributed by atoms with van der Waals surface area (Å²) in [5, 5.41) is 6.68. The number of hydrogen-bond donors (Lipinski definition) is 2. The number of rotatable bonds is 11. The predicted octanol–water partition coefficient (Wildman–Crippen LogP) is 3.13. The molecule has 30 heavy (non-hydrogen) atoms. The van der Waals surface area contributed by atoms with Gasteiger partial charge in [-0.1, -0.05) is 18.2 Å². The lowest BCUT2D eigenvalue weighted by atomic mass is 10.1. The van der Waals surface area contributed by atoms with Gasteiger partial charge in [-0.2, -0.15) is 0 Å². The molecule has 0 radical (unpaired) electrons. The molecule has 0 aliphatic carbocycles. The van der Waals surface area contributed by atoms with E-state index in [2.05, 4.69) is 29.7 Å². The summed E-state index contributed by atoms with van der Waals surface area (Å²) in [6.45, 7) is 5.86. The van der Waals surface area contributed by atoms with Gasteiger partial charge in [-0.05, 0) is 48.7 Å². The molecular formula is C23H31N3O4. The van der Waals surface area contributed by atoms with Gasteiger partial charge in [0.1, 0.15) is 5.75 Å². The molecule has 0 aromatic heterocycles. The van der Waals surface area contributed by atoms with Crippen LogP contribution in [-0.4, -0.2) is 46.2 Å². The maximum absolute atomic E-state index is 5.77. The Morgan fingerprint density at radius 2 is 1.93 bits per heavy atom. The topological polar surface area (TPSA) is 73.3 Å². The van der Waals surface area contributed by atoms with Crippen LogP contribution in [0.1, 0.15) is 24.5 Å². The third-order valence-electron chi connectivity index (χ3n) is 4.57. The number of hydrogen-bond acceptors (Lipinski definition) is 5. The van der Waals surface area contributed by atoms with Crippen molar-refractivity contribution in [2.24, 2.45) is 4.99 Å². The molecule has 0 atom stereocenters. The van der Waals surface area contributed by atoms with E-state index in [1.807, 2.05) is 30.3 Å². The molecule has 0 spiro atoms. The first-order valence-electron chi connectivity index (χ1n) is 10.4. The van der Waals surface area contributed by atoms with Gasteiger partial charge >= 0.3 is 0 Å². The highest BCUT2D eigenvalue weighted by atomic mass is 16.7. The van der Waals surface area contributed by atoms with Crippen molar-refractivity contribution in [1.29, 1.82) is 0 Å². The first-order chi connectivity index (χ1) is 14.8. The summed E-state index contributed by atoms with van der Waals surface area (Å²) in [5.41, 5.74) is 2.30. The number of aliphatic imine (C=N–C) groups is 1. The van der Waals surface area contributed by atoms with Crippen LogP contribution >= 0.6 is 0 Å². The van der Waals surface area contributed by atoms with Crippen LogP contribution in [0.25, 0.3) is 0 Å². The Bertz CT molecular complexity index is 826. The molecule has 0 bridgehead atoms. The average Bonchev–Trinajstić information content (AvgIpc) is 3.23. The molecule has 3 rings (SSSR count). The molecule has 2 aromatic rings. The number of ether oxygens (including phenoxy) is 4. The van der Waals surface area contributed by atoms with Crippen molar-refractivity contribution in [3.63, 3.8) is 0 Å². The third kappa shape index (κ3) is 6.84. The normalized spacial score (nSPS) is 12.7. The molecule has 0 unspecified atom stereocenters. The van der Waals surface area contributed by atoms with Gasteiger partial charge in [0.05, 0.1) is 13.2 Å². The first kappa shape index (κ1) is 21.8. The van der Waals surface area contributed by atoms with Gasteiger partial charge in [-0.3, -0.25) is 0 Å². The molecule has 0 amide bonds. The van der Waals surface area contributed by atoms with Gasteiger partial charge in [-0.25, -0.2) is 4.99 Å². The zero-order valence-electron chi connectivity index (χ0n) is 17.8. The van der Waals surface area contributed by atoms with Crippen molar-refractivity contribution in [2.75, 3.05) is 40.2 Å². The number of benzene rings is 2. The van der Waals surface area contributed by atoms with Crippen LogP contribution in [0.4, 0.5) is 0 Å². The molecule has 7 heteroatoms. The first-order valence-corrected chi connectivity index (χ1v) is 10.4. The number of guanidine groups is 1. The van der Waals surface area contributed by atoms with Gasteiger partial charge < -0.3 is 29.6 Å². The molecule has 1 heterocycles. The van der Waals surface area contributed by atoms with Crippen molar-refractivity contribution < 1.29 is 18.9 Å². The Labute approximate surface area is 178 Å². The van der Waals surface area contributed by atoms with Crippen LogP contribution in [0.3, 0.4) is 0 Å². The fraction of sp³-hybridized carbons (Fsp3) is 0.435. The van der Waals surface area contributed by atoms with Crippen molar-refractivity contribution in [3.05, 3.63) is 53.6 Å². The van der Waals surface area contributed by atoms with Gasteiger partial charge in [0.15, 0.2) is 17.5 Å². The molecule has 0 saturated heterocycles. The van der Waals surface area contributed by atoms with E-state index >= 15 is 0 Å². The Morgan fingerprint density at radius 1 is 1.03 bits per heavy atom. The summed E-state index contributed by atoms with van der Waals surface area (Å²) < 4.78 is 21.6. The summed E-state index contributed by atoms with van der Waals surface area (Å²) in [7, 11) is 1.70. The standard InChI is InChI=1S/C23H31N3O4/c1-3-24-23(25-11-10-18-8-9-21-22(15-18)30-17-29-21)26-16-19-6-4-7-20(14-19)28-13-5-12-27-2/h4,6-9,14-15H,3,5,10-13,16-17H2,1-2H3,(H2,24,25,26). The second-order valence-electron chi connectivity index (χ2n) is 6.90. The minimum atomic E-state index is 0.299. The fourth-order valence-electron chi connectivity index (χ4n) is 3.06. The highest BCUT2D eigenvalue weighted by Crippen LogP contribution is 2.32. The molecule has 7 nitrogen and oxygen atoms in total. The van der Waals surface area contributed by atoms with E-state index in [1.54, 1.807) is 7.11 Å². The lowest BCUT2D eigenvalue weighted by Gasteiger charge is -2.12. The van der Waals surface area contributed by atoms with Crippen molar-refractivity contribution >= 4 is 5.96 Å². The Kier molecular flexibility index (Phi) is 8.65. The van der Waals surface area contributed by atoms with E-state index in [0.717, 1.165) is 54.7 Å². The van der Waals surface area contributed by atoms with E-state index in [9.17, 15) is 0 Å². The average molecular weight is 414 g/mol. The summed E-state index contributed by atoms with van der Waals surface area (Å²) in [6, 6.07) is 14.1. The second kappa shape index (κ2) is 11.9. The van der Waals surface area contributed by atoms with Crippen LogP contribution in [0.15, 0.2) is 47.5 Å². The smallest absolute Gasteiger partial charge is 0.231 e. The highest BCUT2D eigenvalue weighted by Gasteiger charge is 2.12. The Morgan fingerprint density at radius 3 is 2.80 bits per heavy atom. The summed E-state index contributed by atoms with van der Waals surface area (Å²) in [6.07, 6.45) is 1.74. The lowest BCUT2D eigenvalue weighted by molar-refractivity contribution is 0.172. The van der Waals surface area contributed by atoms with Gasteiger partial charge in [-0.15, -0.1) is 0 Å². The Balaban J connectivity index is 1.49. The Hall–Kier alpha value is -2.93. The second-order valence-corrected chi connectivity index (χ2v) is 6.90.